The molecule has 0 radical (unpaired) electrons. The zero-order chi connectivity index (χ0) is 51.3. The van der Waals surface area contributed by atoms with E-state index in [0.717, 1.165) is 77.0 Å². The minimum Gasteiger partial charge on any atom is -0.382 e. The van der Waals surface area contributed by atoms with Gasteiger partial charge in [-0.25, -0.2) is 0 Å². The molecule has 2 unspecified atom stereocenters. The average Bonchev–Trinajstić information content (AvgIpc) is 3.36. The lowest BCUT2D eigenvalue weighted by Crippen LogP contribution is -2.42. The molecule has 0 rings (SSSR count). The zero-order valence-electron chi connectivity index (χ0n) is 45.3. The third-order valence-electron chi connectivity index (χ3n) is 11.1. The van der Waals surface area contributed by atoms with E-state index in [4.69, 9.17) is 85.3 Å². The summed E-state index contributed by atoms with van der Waals surface area (Å²) in [4.78, 5) is 13.4. The normalized spacial score (nSPS) is 13.1. The fraction of sp³-hybridized carbons (Fsp3) is 0.980. The molecule has 0 aromatic carbocycles. The van der Waals surface area contributed by atoms with Gasteiger partial charge < -0.3 is 85.3 Å². The predicted octanol–water partition coefficient (Wildman–Crippen LogP) is 6.67. The smallest absolute Gasteiger partial charge is 0.283 e. The van der Waals surface area contributed by atoms with Gasteiger partial charge in [-0.1, -0.05) is 65.2 Å². The van der Waals surface area contributed by atoms with E-state index in [1.165, 1.54) is 0 Å². The number of hydrogen-bond acceptors (Lipinski definition) is 19. The fourth-order valence-corrected chi connectivity index (χ4v) is 7.10. The van der Waals surface area contributed by atoms with Crippen LogP contribution in [0.2, 0.25) is 0 Å². The molecule has 19 nitrogen and oxygen atoms in total. The third kappa shape index (κ3) is 42.3. The second kappa shape index (κ2) is 52.8. The number of unbranched alkanes of at least 4 members (excludes halogenated alkanes) is 8. The van der Waals surface area contributed by atoms with Crippen molar-refractivity contribution in [1.29, 1.82) is 0 Å². The third-order valence-corrected chi connectivity index (χ3v) is 11.1. The molecule has 0 aromatic heterocycles. The van der Waals surface area contributed by atoms with Crippen LogP contribution in [0.5, 0.6) is 0 Å². The minimum absolute atomic E-state index is 0.0374. The molecular weight excluding hydrogens is 917 g/mol. The fourth-order valence-electron chi connectivity index (χ4n) is 7.10. The number of hydrogen-bond donors (Lipinski definition) is 0. The molecule has 0 heterocycles. The van der Waals surface area contributed by atoms with Crippen molar-refractivity contribution in [3.63, 3.8) is 0 Å². The number of carbonyl (C=O) groups is 1. The van der Waals surface area contributed by atoms with Crippen molar-refractivity contribution >= 4 is 5.78 Å². The van der Waals surface area contributed by atoms with Gasteiger partial charge in [-0.3, -0.25) is 4.79 Å². The molecule has 0 aliphatic carbocycles. The summed E-state index contributed by atoms with van der Waals surface area (Å²) >= 11 is 0. The van der Waals surface area contributed by atoms with E-state index in [0.29, 0.717) is 177 Å². The van der Waals surface area contributed by atoms with E-state index in [9.17, 15) is 4.79 Å². The van der Waals surface area contributed by atoms with E-state index >= 15 is 0 Å². The van der Waals surface area contributed by atoms with Crippen LogP contribution in [-0.2, 0) is 90.1 Å². The van der Waals surface area contributed by atoms with Crippen LogP contribution in [0.25, 0.3) is 0 Å². The first-order chi connectivity index (χ1) is 34.3. The van der Waals surface area contributed by atoms with Crippen molar-refractivity contribution in [1.82, 2.24) is 0 Å². The maximum atomic E-state index is 13.4. The van der Waals surface area contributed by atoms with Crippen molar-refractivity contribution in [3.8, 4) is 0 Å². The van der Waals surface area contributed by atoms with Gasteiger partial charge >= 0.3 is 0 Å². The molecule has 2 atom stereocenters. The maximum absolute atomic E-state index is 13.4. The number of ether oxygens (including phenoxy) is 18. The van der Waals surface area contributed by atoms with Gasteiger partial charge in [-0.2, -0.15) is 0 Å². The Labute approximate surface area is 423 Å². The highest BCUT2D eigenvalue weighted by Crippen LogP contribution is 2.27. The van der Waals surface area contributed by atoms with E-state index in [1.807, 2.05) is 0 Å². The highest BCUT2D eigenvalue weighted by atomic mass is 16.9. The molecule has 420 valence electrons. The van der Waals surface area contributed by atoms with Gasteiger partial charge in [0.15, 0.2) is 0 Å². The lowest BCUT2D eigenvalue weighted by Gasteiger charge is -2.33. The Morgan fingerprint density at radius 3 is 0.714 bits per heavy atom. The summed E-state index contributed by atoms with van der Waals surface area (Å²) in [6.07, 6.45) is 12.7. The quantitative estimate of drug-likeness (QED) is 0.0464. The standard InChI is InChI=1S/C51H102O19/c1-47(19-15-11-9-13-17-21-50(65-41-35-59-29-23-53-3,66-42-36-60-30-24-54-4)67-43-37-61-31-25-55-5)49(52)48(2)20-16-12-10-14-18-22-51(68-44-38-62-32-26-56-6,69-45-39-63-33-27-57-7)70-46-40-64-34-28-58-8/h47-48H,9-46H2,1-8H3. The largest absolute Gasteiger partial charge is 0.382 e. The first-order valence-corrected chi connectivity index (χ1v) is 26.1. The van der Waals surface area contributed by atoms with Gasteiger partial charge in [-0.05, 0) is 25.7 Å². The number of ketones is 1. The molecule has 0 spiro atoms. The van der Waals surface area contributed by atoms with Crippen LogP contribution in [0, 0.1) is 11.8 Å². The summed E-state index contributed by atoms with van der Waals surface area (Å²) in [5.41, 5.74) is 0. The molecule has 0 N–H and O–H groups in total. The molecule has 0 aliphatic heterocycles. The highest BCUT2D eigenvalue weighted by molar-refractivity contribution is 5.82. The second-order valence-electron chi connectivity index (χ2n) is 16.9. The Balaban J connectivity index is 4.97. The monoisotopic (exact) mass is 1020 g/mol. The van der Waals surface area contributed by atoms with Crippen LogP contribution < -0.4 is 0 Å². The van der Waals surface area contributed by atoms with Crippen molar-refractivity contribution in [3.05, 3.63) is 0 Å². The molecule has 0 aliphatic rings. The van der Waals surface area contributed by atoms with Crippen molar-refractivity contribution in [2.24, 2.45) is 11.8 Å². The van der Waals surface area contributed by atoms with Crippen LogP contribution >= 0.6 is 0 Å². The minimum atomic E-state index is -1.26. The summed E-state index contributed by atoms with van der Waals surface area (Å²) in [6.45, 7) is 14.1. The van der Waals surface area contributed by atoms with Gasteiger partial charge in [0.25, 0.3) is 11.9 Å². The molecule has 0 aromatic rings. The van der Waals surface area contributed by atoms with E-state index < -0.39 is 11.9 Å². The van der Waals surface area contributed by atoms with Crippen LogP contribution in [0.15, 0.2) is 0 Å². The molecule has 0 amide bonds. The van der Waals surface area contributed by atoms with E-state index in [2.05, 4.69) is 13.8 Å². The Hall–Kier alpha value is -1.05. The van der Waals surface area contributed by atoms with Crippen molar-refractivity contribution in [2.45, 2.75) is 116 Å². The number of carbonyl (C=O) groups excluding carboxylic acids is 1. The summed E-state index contributed by atoms with van der Waals surface area (Å²) in [5, 5.41) is 0. The molecule has 0 bridgehead atoms. The molecule has 0 saturated heterocycles. The first kappa shape index (κ1) is 69.0. The topological polar surface area (TPSA) is 183 Å². The number of Topliss-reactive ketones (excluding diaryl/α,β-unsaturated/α-hetero) is 1. The van der Waals surface area contributed by atoms with Gasteiger partial charge in [0.2, 0.25) is 0 Å². The van der Waals surface area contributed by atoms with Crippen LogP contribution in [0.4, 0.5) is 0 Å². The first-order valence-electron chi connectivity index (χ1n) is 26.1. The van der Waals surface area contributed by atoms with E-state index in [-0.39, 0.29) is 11.8 Å². The van der Waals surface area contributed by atoms with Gasteiger partial charge in [0.05, 0.1) is 159 Å². The van der Waals surface area contributed by atoms with Crippen molar-refractivity contribution in [2.75, 3.05) is 201 Å². The Kier molecular flexibility index (Phi) is 52.0. The Bertz CT molecular complexity index is 903. The summed E-state index contributed by atoms with van der Waals surface area (Å²) < 4.78 is 102. The maximum Gasteiger partial charge on any atom is 0.283 e. The average molecular weight is 1020 g/mol. The Morgan fingerprint density at radius 1 is 0.286 bits per heavy atom. The second-order valence-corrected chi connectivity index (χ2v) is 16.9. The van der Waals surface area contributed by atoms with Crippen LogP contribution in [0.1, 0.15) is 104 Å². The number of methoxy groups -OCH3 is 6. The zero-order valence-corrected chi connectivity index (χ0v) is 45.3. The molecule has 0 fully saturated rings. The van der Waals surface area contributed by atoms with Gasteiger partial charge in [-0.15, -0.1) is 0 Å². The molecular formula is C51H102O19. The number of rotatable bonds is 60. The lowest BCUT2D eigenvalue weighted by molar-refractivity contribution is -0.388. The summed E-state index contributed by atoms with van der Waals surface area (Å²) in [7, 11) is 9.84. The molecule has 19 heteroatoms. The summed E-state index contributed by atoms with van der Waals surface area (Å²) in [5.74, 6) is -2.09. The SMILES string of the molecule is COCCOCCOC(CCCCCCCC(C)C(=O)C(C)CCCCCCCC(OCCOCCOC)(OCCOCCOC)OCCOCCOC)(OCCOCCOC)OCCOCCOC. The Morgan fingerprint density at radius 2 is 0.486 bits per heavy atom. The van der Waals surface area contributed by atoms with Crippen LogP contribution in [-0.4, -0.2) is 219 Å². The van der Waals surface area contributed by atoms with Crippen LogP contribution in [0.3, 0.4) is 0 Å². The van der Waals surface area contributed by atoms with Crippen molar-refractivity contribution < 1.29 is 90.1 Å². The highest BCUT2D eigenvalue weighted by Gasteiger charge is 2.35. The molecule has 70 heavy (non-hydrogen) atoms. The van der Waals surface area contributed by atoms with Gasteiger partial charge in [0.1, 0.15) is 5.78 Å². The van der Waals surface area contributed by atoms with Gasteiger partial charge in [0, 0.05) is 67.3 Å². The summed E-state index contributed by atoms with van der Waals surface area (Å²) in [6, 6.07) is 0. The predicted molar refractivity (Wildman–Crippen MR) is 265 cm³/mol. The molecule has 0 saturated carbocycles. The van der Waals surface area contributed by atoms with E-state index in [1.54, 1.807) is 42.7 Å². The lowest BCUT2D eigenvalue weighted by atomic mass is 9.88.